The van der Waals surface area contributed by atoms with E-state index >= 15 is 0 Å². The van der Waals surface area contributed by atoms with Crippen LogP contribution in [0.15, 0.2) is 65.6 Å². The van der Waals surface area contributed by atoms with Gasteiger partial charge < -0.3 is 4.74 Å². The van der Waals surface area contributed by atoms with Crippen molar-refractivity contribution < 1.29 is 22.3 Å². The summed E-state index contributed by atoms with van der Waals surface area (Å²) < 4.78 is 44.9. The summed E-state index contributed by atoms with van der Waals surface area (Å²) in [6, 6.07) is 16.1. The van der Waals surface area contributed by atoms with E-state index in [9.17, 15) is 17.6 Å². The van der Waals surface area contributed by atoms with Gasteiger partial charge in [-0.1, -0.05) is 54.4 Å². The Labute approximate surface area is 214 Å². The minimum atomic E-state index is -3.29. The Hall–Kier alpha value is -2.41. The monoisotopic (exact) mass is 534 g/mol. The van der Waals surface area contributed by atoms with E-state index in [2.05, 4.69) is 0 Å². The lowest BCUT2D eigenvalue weighted by Gasteiger charge is -2.42. The third kappa shape index (κ3) is 5.71. The molecule has 1 fully saturated rings. The van der Waals surface area contributed by atoms with Crippen LogP contribution in [0, 0.1) is 5.82 Å². The molecule has 1 saturated carbocycles. The Morgan fingerprint density at radius 1 is 0.971 bits per heavy atom. The summed E-state index contributed by atoms with van der Waals surface area (Å²) in [6.07, 6.45) is 2.56. The Bertz CT molecular complexity index is 1350. The van der Waals surface area contributed by atoms with Gasteiger partial charge in [-0.3, -0.25) is 4.79 Å². The molecule has 0 aromatic heterocycles. The van der Waals surface area contributed by atoms with Crippen molar-refractivity contribution in [2.24, 2.45) is 0 Å². The minimum Gasteiger partial charge on any atom is -0.479 e. The van der Waals surface area contributed by atoms with Crippen molar-refractivity contribution in [3.8, 4) is 5.75 Å². The highest BCUT2D eigenvalue weighted by Crippen LogP contribution is 2.48. The lowest BCUT2D eigenvalue weighted by Crippen LogP contribution is -2.40. The predicted octanol–water partition coefficient (Wildman–Crippen LogP) is 6.74. The molecule has 0 bridgehead atoms. The molecule has 35 heavy (non-hydrogen) atoms. The van der Waals surface area contributed by atoms with Gasteiger partial charge in [0.05, 0.1) is 10.6 Å². The van der Waals surface area contributed by atoms with Crippen LogP contribution in [0.3, 0.4) is 0 Å². The Morgan fingerprint density at radius 3 is 2.20 bits per heavy atom. The van der Waals surface area contributed by atoms with Crippen LogP contribution in [-0.4, -0.2) is 20.0 Å². The number of sulfone groups is 1. The molecule has 1 aliphatic rings. The van der Waals surface area contributed by atoms with Crippen LogP contribution >= 0.6 is 23.2 Å². The van der Waals surface area contributed by atoms with Crippen LogP contribution in [0.1, 0.15) is 42.9 Å². The molecule has 3 aromatic rings. The Balaban J connectivity index is 1.43. The number of benzene rings is 3. The molecule has 3 aromatic carbocycles. The van der Waals surface area contributed by atoms with E-state index < -0.39 is 21.3 Å². The number of ether oxygens (including phenoxy) is 1. The second-order valence-electron chi connectivity index (χ2n) is 8.78. The van der Waals surface area contributed by atoms with Crippen LogP contribution in [0.4, 0.5) is 4.39 Å². The number of hydrogen-bond acceptors (Lipinski definition) is 4. The van der Waals surface area contributed by atoms with E-state index in [4.69, 9.17) is 27.9 Å². The number of Topliss-reactive ketones (excluding diaryl/α,β-unsaturated/α-hetero) is 1. The molecular weight excluding hydrogens is 510 g/mol. The molecule has 0 spiro atoms. The van der Waals surface area contributed by atoms with E-state index in [0.717, 1.165) is 12.0 Å². The summed E-state index contributed by atoms with van der Waals surface area (Å²) >= 11 is 12.4. The van der Waals surface area contributed by atoms with E-state index in [1.54, 1.807) is 43.3 Å². The molecule has 0 aliphatic heterocycles. The fraction of sp³-hybridized carbons (Fsp3) is 0.296. The molecule has 184 valence electrons. The maximum Gasteiger partial charge on any atom is 0.178 e. The minimum absolute atomic E-state index is 0.0183. The summed E-state index contributed by atoms with van der Waals surface area (Å²) in [4.78, 5) is 12.8. The topological polar surface area (TPSA) is 60.4 Å². The van der Waals surface area contributed by atoms with Crippen LogP contribution < -0.4 is 4.74 Å². The SMILES string of the molecule is CCS(=O)(=O)c1ccc(CC(=O)Cc2ccc(OC3(c4ccc(Cl)cc4Cl)CCC3)c(F)c2)cc1. The zero-order valence-corrected chi connectivity index (χ0v) is 21.5. The van der Waals surface area contributed by atoms with Gasteiger partial charge in [-0.2, -0.15) is 0 Å². The molecule has 4 rings (SSSR count). The van der Waals surface area contributed by atoms with Gasteiger partial charge >= 0.3 is 0 Å². The van der Waals surface area contributed by atoms with Gasteiger partial charge in [-0.15, -0.1) is 0 Å². The highest BCUT2D eigenvalue weighted by atomic mass is 35.5. The number of hydrogen-bond donors (Lipinski definition) is 0. The molecule has 0 N–H and O–H groups in total. The summed E-state index contributed by atoms with van der Waals surface area (Å²) in [7, 11) is -3.29. The van der Waals surface area contributed by atoms with Gasteiger partial charge in [0.1, 0.15) is 11.4 Å². The first-order valence-corrected chi connectivity index (χ1v) is 13.8. The fourth-order valence-electron chi connectivity index (χ4n) is 4.23. The van der Waals surface area contributed by atoms with Gasteiger partial charge in [0, 0.05) is 28.5 Å². The molecule has 0 saturated heterocycles. The summed E-state index contributed by atoms with van der Waals surface area (Å²) in [5, 5.41) is 1.01. The second-order valence-corrected chi connectivity index (χ2v) is 11.9. The maximum atomic E-state index is 14.9. The smallest absolute Gasteiger partial charge is 0.178 e. The Kier molecular flexibility index (Phi) is 7.55. The average Bonchev–Trinajstić information content (AvgIpc) is 2.78. The third-order valence-corrected chi connectivity index (χ3v) is 8.65. The quantitative estimate of drug-likeness (QED) is 0.305. The first-order chi connectivity index (χ1) is 16.6. The maximum absolute atomic E-state index is 14.9. The molecular formula is C27H25Cl2FO4S. The van der Waals surface area contributed by atoms with Gasteiger partial charge in [0.2, 0.25) is 0 Å². The van der Waals surface area contributed by atoms with Crippen molar-refractivity contribution in [1.29, 1.82) is 0 Å². The van der Waals surface area contributed by atoms with Crippen molar-refractivity contribution in [3.05, 3.63) is 93.2 Å². The van der Waals surface area contributed by atoms with Crippen LogP contribution in [0.25, 0.3) is 0 Å². The average molecular weight is 535 g/mol. The lowest BCUT2D eigenvalue weighted by molar-refractivity contribution is -0.117. The van der Waals surface area contributed by atoms with Crippen LogP contribution in [-0.2, 0) is 33.1 Å². The number of carbonyl (C=O) groups is 1. The van der Waals surface area contributed by atoms with E-state index in [1.165, 1.54) is 18.2 Å². The molecule has 0 amide bonds. The summed E-state index contributed by atoms with van der Waals surface area (Å²) in [5.41, 5.74) is 1.33. The van der Waals surface area contributed by atoms with Crippen molar-refractivity contribution in [2.45, 2.75) is 49.5 Å². The van der Waals surface area contributed by atoms with Gasteiger partial charge in [0.15, 0.2) is 21.4 Å². The first kappa shape index (κ1) is 25.7. The number of ketones is 1. The van der Waals surface area contributed by atoms with Gasteiger partial charge in [-0.25, -0.2) is 12.8 Å². The van der Waals surface area contributed by atoms with Gasteiger partial charge in [-0.05, 0) is 66.8 Å². The fourth-order valence-corrected chi connectivity index (χ4v) is 5.69. The van der Waals surface area contributed by atoms with E-state index in [-0.39, 0.29) is 35.0 Å². The summed E-state index contributed by atoms with van der Waals surface area (Å²) in [5.74, 6) is -0.516. The first-order valence-electron chi connectivity index (χ1n) is 11.4. The molecule has 0 unspecified atom stereocenters. The molecule has 0 heterocycles. The van der Waals surface area contributed by atoms with E-state index in [0.29, 0.717) is 34.0 Å². The standard InChI is InChI=1S/C27H25Cl2FO4S/c1-2-35(32,33)22-8-4-18(5-9-22)14-21(31)15-19-6-11-26(25(30)16-19)34-27(12-3-13-27)23-10-7-20(28)17-24(23)29/h4-11,16-17H,2-3,12-15H2,1H3. The van der Waals surface area contributed by atoms with E-state index in [1.807, 2.05) is 6.07 Å². The zero-order chi connectivity index (χ0) is 25.2. The normalized spacial score (nSPS) is 14.9. The summed E-state index contributed by atoms with van der Waals surface area (Å²) in [6.45, 7) is 1.58. The largest absolute Gasteiger partial charge is 0.479 e. The van der Waals surface area contributed by atoms with Crippen LogP contribution in [0.2, 0.25) is 10.0 Å². The van der Waals surface area contributed by atoms with Crippen molar-refractivity contribution >= 4 is 38.8 Å². The molecule has 0 radical (unpaired) electrons. The number of rotatable bonds is 9. The third-order valence-electron chi connectivity index (χ3n) is 6.35. The molecule has 1 aliphatic carbocycles. The van der Waals surface area contributed by atoms with Gasteiger partial charge in [0.25, 0.3) is 0 Å². The van der Waals surface area contributed by atoms with Crippen molar-refractivity contribution in [2.75, 3.05) is 5.75 Å². The number of carbonyl (C=O) groups excluding carboxylic acids is 1. The highest BCUT2D eigenvalue weighted by molar-refractivity contribution is 7.91. The molecule has 0 atom stereocenters. The number of halogens is 3. The van der Waals surface area contributed by atoms with Crippen molar-refractivity contribution in [3.63, 3.8) is 0 Å². The van der Waals surface area contributed by atoms with Crippen LogP contribution in [0.5, 0.6) is 5.75 Å². The molecule has 4 nitrogen and oxygen atoms in total. The second kappa shape index (κ2) is 10.3. The predicted molar refractivity (Wildman–Crippen MR) is 136 cm³/mol. The molecule has 8 heteroatoms. The zero-order valence-electron chi connectivity index (χ0n) is 19.2. The highest BCUT2D eigenvalue weighted by Gasteiger charge is 2.43. The Morgan fingerprint density at radius 2 is 1.63 bits per heavy atom. The lowest BCUT2D eigenvalue weighted by atomic mass is 9.74. The van der Waals surface area contributed by atoms with Crippen molar-refractivity contribution in [1.82, 2.24) is 0 Å².